The van der Waals surface area contributed by atoms with Crippen LogP contribution >= 0.6 is 0 Å². The van der Waals surface area contributed by atoms with E-state index in [2.05, 4.69) is 34.9 Å². The lowest BCUT2D eigenvalue weighted by molar-refractivity contribution is -0.142. The highest BCUT2D eigenvalue weighted by molar-refractivity contribution is 5.80. The fraction of sp³-hybridized carbons (Fsp3) is 0.444. The first-order valence-electron chi connectivity index (χ1n) is 12.0. The second-order valence-electron chi connectivity index (χ2n) is 8.86. The lowest BCUT2D eigenvalue weighted by atomic mass is 9.98. The van der Waals surface area contributed by atoms with Crippen molar-refractivity contribution in [1.29, 1.82) is 0 Å². The van der Waals surface area contributed by atoms with Crippen LogP contribution in [0.5, 0.6) is 0 Å². The summed E-state index contributed by atoms with van der Waals surface area (Å²) in [6.45, 7) is 4.54. The molecular formula is C27H34N2O5. The summed E-state index contributed by atoms with van der Waals surface area (Å²) in [6.07, 6.45) is 2.03. The van der Waals surface area contributed by atoms with Crippen molar-refractivity contribution in [2.24, 2.45) is 11.8 Å². The number of carboxylic acids is 1. The van der Waals surface area contributed by atoms with E-state index in [0.29, 0.717) is 25.8 Å². The van der Waals surface area contributed by atoms with Crippen molar-refractivity contribution >= 4 is 18.0 Å². The third-order valence-corrected chi connectivity index (χ3v) is 6.38. The molecule has 34 heavy (non-hydrogen) atoms. The standard InChI is InChI=1S/C27H34N2O5/c1-3-9-19(26(31)32)16-29-25(30)18(2)10-8-15-28-27(33)34-17-24-22-13-6-4-11-20(22)21-12-5-7-14-23(21)24/h4-7,11-14,18-19,24H,3,8-10,15-17H2,1-2H3,(H,28,33)(H,29,30)(H,31,32). The van der Waals surface area contributed by atoms with Gasteiger partial charge in [0, 0.05) is 24.9 Å². The van der Waals surface area contributed by atoms with E-state index < -0.39 is 18.0 Å². The van der Waals surface area contributed by atoms with Crippen molar-refractivity contribution in [3.05, 3.63) is 59.7 Å². The molecule has 0 radical (unpaired) electrons. The quantitative estimate of drug-likeness (QED) is 0.398. The first-order chi connectivity index (χ1) is 16.4. The van der Waals surface area contributed by atoms with Gasteiger partial charge in [-0.3, -0.25) is 9.59 Å². The highest BCUT2D eigenvalue weighted by Crippen LogP contribution is 2.44. The fourth-order valence-electron chi connectivity index (χ4n) is 4.44. The van der Waals surface area contributed by atoms with Crippen molar-refractivity contribution in [3.8, 4) is 11.1 Å². The largest absolute Gasteiger partial charge is 0.481 e. The summed E-state index contributed by atoms with van der Waals surface area (Å²) in [7, 11) is 0. The average molecular weight is 467 g/mol. The van der Waals surface area contributed by atoms with Crippen LogP contribution in [0.25, 0.3) is 11.1 Å². The van der Waals surface area contributed by atoms with Crippen LogP contribution in [0.15, 0.2) is 48.5 Å². The van der Waals surface area contributed by atoms with Gasteiger partial charge in [-0.05, 0) is 41.5 Å². The molecule has 1 aliphatic carbocycles. The SMILES string of the molecule is CCCC(CNC(=O)C(C)CCCNC(=O)OCC1c2ccccc2-c2ccccc21)C(=O)O. The molecule has 2 amide bonds. The van der Waals surface area contributed by atoms with Crippen molar-refractivity contribution in [1.82, 2.24) is 10.6 Å². The molecular weight excluding hydrogens is 432 g/mol. The van der Waals surface area contributed by atoms with Crippen LogP contribution in [0, 0.1) is 11.8 Å². The molecule has 0 bridgehead atoms. The molecule has 2 unspecified atom stereocenters. The number of aliphatic carboxylic acids is 1. The summed E-state index contributed by atoms with van der Waals surface area (Å²) in [5, 5.41) is 14.7. The topological polar surface area (TPSA) is 105 Å². The Hall–Kier alpha value is -3.35. The van der Waals surface area contributed by atoms with Crippen molar-refractivity contribution in [2.45, 2.75) is 45.4 Å². The molecule has 2 atom stereocenters. The summed E-state index contributed by atoms with van der Waals surface area (Å²) in [5.74, 6) is -1.86. The number of amides is 2. The molecule has 3 rings (SSSR count). The first kappa shape index (κ1) is 25.3. The van der Waals surface area contributed by atoms with E-state index >= 15 is 0 Å². The highest BCUT2D eigenvalue weighted by Gasteiger charge is 2.29. The maximum absolute atomic E-state index is 12.2. The zero-order chi connectivity index (χ0) is 24.5. The molecule has 182 valence electrons. The maximum atomic E-state index is 12.2. The Morgan fingerprint density at radius 3 is 2.18 bits per heavy atom. The minimum atomic E-state index is -0.887. The van der Waals surface area contributed by atoms with E-state index in [-0.39, 0.29) is 30.9 Å². The summed E-state index contributed by atoms with van der Waals surface area (Å²) in [5.41, 5.74) is 4.70. The van der Waals surface area contributed by atoms with E-state index in [1.54, 1.807) is 6.92 Å². The van der Waals surface area contributed by atoms with E-state index in [1.807, 2.05) is 31.2 Å². The van der Waals surface area contributed by atoms with Crippen LogP contribution in [-0.2, 0) is 14.3 Å². The molecule has 7 heteroatoms. The number of alkyl carbamates (subject to hydrolysis) is 1. The normalized spacial score (nSPS) is 13.9. The molecule has 0 fully saturated rings. The minimum absolute atomic E-state index is 0.0178. The molecule has 0 heterocycles. The number of ether oxygens (including phenoxy) is 1. The summed E-state index contributed by atoms with van der Waals surface area (Å²) < 4.78 is 5.52. The van der Waals surface area contributed by atoms with Crippen LogP contribution < -0.4 is 10.6 Å². The van der Waals surface area contributed by atoms with E-state index in [9.17, 15) is 19.5 Å². The molecule has 3 N–H and O–H groups in total. The smallest absolute Gasteiger partial charge is 0.407 e. The Kier molecular flexibility index (Phi) is 9.08. The van der Waals surface area contributed by atoms with Gasteiger partial charge in [0.2, 0.25) is 5.91 Å². The average Bonchev–Trinajstić information content (AvgIpc) is 3.16. The van der Waals surface area contributed by atoms with Crippen LogP contribution in [0.4, 0.5) is 4.79 Å². The lowest BCUT2D eigenvalue weighted by Crippen LogP contribution is -2.36. The third kappa shape index (κ3) is 6.37. The van der Waals surface area contributed by atoms with Crippen molar-refractivity contribution in [3.63, 3.8) is 0 Å². The Morgan fingerprint density at radius 2 is 1.59 bits per heavy atom. The fourth-order valence-corrected chi connectivity index (χ4v) is 4.44. The van der Waals surface area contributed by atoms with Crippen molar-refractivity contribution in [2.75, 3.05) is 19.7 Å². The van der Waals surface area contributed by atoms with Crippen LogP contribution in [0.1, 0.15) is 56.6 Å². The lowest BCUT2D eigenvalue weighted by Gasteiger charge is -2.16. The molecule has 2 aromatic carbocycles. The van der Waals surface area contributed by atoms with Gasteiger partial charge >= 0.3 is 12.1 Å². The van der Waals surface area contributed by atoms with Crippen molar-refractivity contribution < 1.29 is 24.2 Å². The van der Waals surface area contributed by atoms with Crippen LogP contribution in [0.2, 0.25) is 0 Å². The Morgan fingerprint density at radius 1 is 0.971 bits per heavy atom. The second kappa shape index (κ2) is 12.2. The zero-order valence-corrected chi connectivity index (χ0v) is 19.9. The third-order valence-electron chi connectivity index (χ3n) is 6.38. The number of carboxylic acid groups (broad SMARTS) is 1. The van der Waals surface area contributed by atoms with E-state index in [1.165, 1.54) is 22.3 Å². The Bertz CT molecular complexity index is 961. The van der Waals surface area contributed by atoms with Gasteiger partial charge in [0.05, 0.1) is 5.92 Å². The van der Waals surface area contributed by atoms with E-state index in [0.717, 1.165) is 6.42 Å². The molecule has 0 aromatic heterocycles. The number of benzene rings is 2. The number of nitrogens with one attached hydrogen (secondary N) is 2. The predicted octanol–water partition coefficient (Wildman–Crippen LogP) is 4.56. The van der Waals surface area contributed by atoms with E-state index in [4.69, 9.17) is 4.74 Å². The van der Waals surface area contributed by atoms with Crippen LogP contribution in [0.3, 0.4) is 0 Å². The number of carbonyl (C=O) groups is 3. The monoisotopic (exact) mass is 466 g/mol. The molecule has 7 nitrogen and oxygen atoms in total. The number of carbonyl (C=O) groups excluding carboxylic acids is 2. The molecule has 0 saturated heterocycles. The molecule has 0 spiro atoms. The molecule has 1 aliphatic rings. The van der Waals surface area contributed by atoms with Gasteiger partial charge in [-0.25, -0.2) is 4.79 Å². The van der Waals surface area contributed by atoms with Gasteiger partial charge in [0.25, 0.3) is 0 Å². The first-order valence-corrected chi connectivity index (χ1v) is 12.0. The predicted molar refractivity (Wildman–Crippen MR) is 131 cm³/mol. The van der Waals surface area contributed by atoms with Gasteiger partial charge < -0.3 is 20.5 Å². The molecule has 0 saturated carbocycles. The molecule has 2 aromatic rings. The Balaban J connectivity index is 1.38. The second-order valence-corrected chi connectivity index (χ2v) is 8.86. The number of fused-ring (bicyclic) bond motifs is 3. The van der Waals surface area contributed by atoms with Gasteiger partial charge in [-0.15, -0.1) is 0 Å². The number of hydrogen-bond acceptors (Lipinski definition) is 4. The number of rotatable bonds is 12. The summed E-state index contributed by atoms with van der Waals surface area (Å²) in [6, 6.07) is 16.4. The zero-order valence-electron chi connectivity index (χ0n) is 19.9. The summed E-state index contributed by atoms with van der Waals surface area (Å²) >= 11 is 0. The molecule has 0 aliphatic heterocycles. The van der Waals surface area contributed by atoms with Gasteiger partial charge in [0.1, 0.15) is 6.61 Å². The minimum Gasteiger partial charge on any atom is -0.481 e. The van der Waals surface area contributed by atoms with Gasteiger partial charge in [0.15, 0.2) is 0 Å². The summed E-state index contributed by atoms with van der Waals surface area (Å²) in [4.78, 5) is 35.7. The van der Waals surface area contributed by atoms with Gasteiger partial charge in [-0.2, -0.15) is 0 Å². The van der Waals surface area contributed by atoms with Crippen LogP contribution in [-0.4, -0.2) is 42.8 Å². The number of hydrogen-bond donors (Lipinski definition) is 3. The maximum Gasteiger partial charge on any atom is 0.407 e. The van der Waals surface area contributed by atoms with Gasteiger partial charge in [-0.1, -0.05) is 68.8 Å². The Labute approximate surface area is 200 Å². The highest BCUT2D eigenvalue weighted by atomic mass is 16.5.